The van der Waals surface area contributed by atoms with Gasteiger partial charge in [-0.15, -0.1) is 0 Å². The molecule has 0 aliphatic rings. The average Bonchev–Trinajstić information content (AvgIpc) is 2.80. The number of nitrogens with two attached hydrogens (primary N) is 1. The third-order valence-corrected chi connectivity index (χ3v) is 5.50. The van der Waals surface area contributed by atoms with E-state index in [1.165, 1.54) is 0 Å². The third-order valence-electron chi connectivity index (χ3n) is 4.55. The molecular formula is C22H40NO10P. The highest BCUT2D eigenvalue weighted by Crippen LogP contribution is 2.43. The van der Waals surface area contributed by atoms with Gasteiger partial charge in [-0.25, -0.2) is 4.57 Å². The number of carboxylic acids is 1. The predicted octanol–water partition coefficient (Wildman–Crippen LogP) is 3.48. The fourth-order valence-corrected chi connectivity index (χ4v) is 3.35. The zero-order chi connectivity index (χ0) is 25.8. The van der Waals surface area contributed by atoms with E-state index in [2.05, 4.69) is 23.6 Å². The smallest absolute Gasteiger partial charge is 0.472 e. The van der Waals surface area contributed by atoms with Crippen LogP contribution in [0.1, 0.15) is 78.1 Å². The molecule has 11 nitrogen and oxygen atoms in total. The molecule has 0 rings (SSSR count). The van der Waals surface area contributed by atoms with Gasteiger partial charge in [0.2, 0.25) is 0 Å². The number of carbonyl (C=O) groups is 3. The van der Waals surface area contributed by atoms with Gasteiger partial charge in [-0.1, -0.05) is 51.7 Å². The third kappa shape index (κ3) is 18.6. The number of unbranched alkanes of at least 4 members (excludes halogenated alkanes) is 6. The second kappa shape index (κ2) is 19.5. The van der Waals surface area contributed by atoms with Crippen LogP contribution < -0.4 is 5.73 Å². The maximum absolute atomic E-state index is 12.1. The number of carboxylic acid groups (broad SMARTS) is 1. The number of carbonyl (C=O) groups excluding carboxylic acids is 2. The number of allylic oxidation sites excluding steroid dienone is 2. The lowest BCUT2D eigenvalue weighted by Crippen LogP contribution is -2.34. The zero-order valence-electron chi connectivity index (χ0n) is 20.2. The van der Waals surface area contributed by atoms with Crippen molar-refractivity contribution in [3.63, 3.8) is 0 Å². The summed E-state index contributed by atoms with van der Waals surface area (Å²) in [5.74, 6) is -2.51. The molecule has 0 aromatic heterocycles. The molecule has 3 atom stereocenters. The Kier molecular flexibility index (Phi) is 18.5. The number of phosphoric ester groups is 1. The van der Waals surface area contributed by atoms with Crippen molar-refractivity contribution < 1.29 is 47.5 Å². The summed E-state index contributed by atoms with van der Waals surface area (Å²) in [6.45, 7) is 2.02. The lowest BCUT2D eigenvalue weighted by atomic mass is 10.1. The summed E-state index contributed by atoms with van der Waals surface area (Å²) < 4.78 is 31.4. The van der Waals surface area contributed by atoms with Crippen LogP contribution in [0, 0.1) is 0 Å². The minimum absolute atomic E-state index is 0.102. The lowest BCUT2D eigenvalue weighted by molar-refractivity contribution is -0.161. The lowest BCUT2D eigenvalue weighted by Gasteiger charge is -2.20. The molecule has 34 heavy (non-hydrogen) atoms. The Hall–Kier alpha value is -1.78. The van der Waals surface area contributed by atoms with Crippen LogP contribution in [0.25, 0.3) is 0 Å². The fraction of sp³-hybridized carbons (Fsp3) is 0.773. The van der Waals surface area contributed by atoms with Crippen molar-refractivity contribution in [2.24, 2.45) is 5.73 Å². The van der Waals surface area contributed by atoms with Crippen LogP contribution in [0.2, 0.25) is 0 Å². The van der Waals surface area contributed by atoms with E-state index in [0.717, 1.165) is 44.9 Å². The maximum atomic E-state index is 12.1. The molecule has 0 amide bonds. The van der Waals surface area contributed by atoms with Gasteiger partial charge in [-0.05, 0) is 25.7 Å². The topological polar surface area (TPSA) is 172 Å². The predicted molar refractivity (Wildman–Crippen MR) is 125 cm³/mol. The summed E-state index contributed by atoms with van der Waals surface area (Å²) in [5.41, 5.74) is 5.21. The number of ether oxygens (including phenoxy) is 2. The SMILES string of the molecule is CCC/C=C\CCCCCCCC(=O)OC(COC(=O)CC)COP(=O)(O)OCC(N)C(=O)O. The van der Waals surface area contributed by atoms with Crippen LogP contribution in [-0.4, -0.2) is 59.9 Å². The molecule has 4 N–H and O–H groups in total. The van der Waals surface area contributed by atoms with E-state index in [1.54, 1.807) is 6.92 Å². The first kappa shape index (κ1) is 32.2. The number of hydrogen-bond donors (Lipinski definition) is 3. The molecule has 0 aliphatic carbocycles. The van der Waals surface area contributed by atoms with Crippen molar-refractivity contribution in [1.82, 2.24) is 0 Å². The van der Waals surface area contributed by atoms with E-state index in [4.69, 9.17) is 24.8 Å². The molecule has 0 aromatic rings. The standard InChI is InChI=1S/C22H40NO10P/c1-3-5-6-7-8-9-10-11-12-13-14-21(25)33-18(15-30-20(24)4-2)16-31-34(28,29)32-17-19(23)22(26)27/h6-7,18-19H,3-5,8-17,23H2,1-2H3,(H,26,27)(H,28,29)/b7-6-. The van der Waals surface area contributed by atoms with Crippen molar-refractivity contribution in [1.29, 1.82) is 0 Å². The number of hydrogen-bond acceptors (Lipinski definition) is 9. The van der Waals surface area contributed by atoms with E-state index < -0.39 is 51.1 Å². The molecule has 198 valence electrons. The Labute approximate surface area is 201 Å². The Morgan fingerprint density at radius 3 is 2.18 bits per heavy atom. The zero-order valence-corrected chi connectivity index (χ0v) is 21.1. The first-order chi connectivity index (χ1) is 16.1. The summed E-state index contributed by atoms with van der Waals surface area (Å²) in [7, 11) is -4.66. The molecule has 3 unspecified atom stereocenters. The van der Waals surface area contributed by atoms with E-state index in [1.807, 2.05) is 0 Å². The second-order valence-corrected chi connectivity index (χ2v) is 9.17. The molecule has 0 spiro atoms. The van der Waals surface area contributed by atoms with Gasteiger partial charge in [0, 0.05) is 12.8 Å². The Balaban J connectivity index is 4.39. The van der Waals surface area contributed by atoms with Gasteiger partial charge in [-0.2, -0.15) is 0 Å². The highest BCUT2D eigenvalue weighted by atomic mass is 31.2. The van der Waals surface area contributed by atoms with Crippen molar-refractivity contribution in [3.8, 4) is 0 Å². The molecule has 0 fully saturated rings. The van der Waals surface area contributed by atoms with Crippen LogP contribution >= 0.6 is 7.82 Å². The number of esters is 2. The highest BCUT2D eigenvalue weighted by Gasteiger charge is 2.28. The van der Waals surface area contributed by atoms with Crippen molar-refractivity contribution in [2.45, 2.75) is 90.2 Å². The summed E-state index contributed by atoms with van der Waals surface area (Å²) in [6.07, 6.45) is 11.5. The van der Waals surface area contributed by atoms with Crippen molar-refractivity contribution >= 4 is 25.7 Å². The molecule has 0 radical (unpaired) electrons. The molecule has 0 saturated heterocycles. The Morgan fingerprint density at radius 1 is 0.912 bits per heavy atom. The van der Waals surface area contributed by atoms with Crippen LogP contribution in [0.4, 0.5) is 0 Å². The van der Waals surface area contributed by atoms with Crippen LogP contribution in [-0.2, 0) is 37.5 Å². The number of phosphoric acid groups is 1. The minimum Gasteiger partial charge on any atom is -0.480 e. The van der Waals surface area contributed by atoms with E-state index in [0.29, 0.717) is 6.42 Å². The maximum Gasteiger partial charge on any atom is 0.472 e. The largest absolute Gasteiger partial charge is 0.480 e. The van der Waals surface area contributed by atoms with Crippen LogP contribution in [0.3, 0.4) is 0 Å². The number of aliphatic carboxylic acids is 1. The molecule has 0 aromatic carbocycles. The van der Waals surface area contributed by atoms with Gasteiger partial charge in [0.15, 0.2) is 6.10 Å². The fourth-order valence-electron chi connectivity index (χ4n) is 2.57. The Bertz CT molecular complexity index is 670. The highest BCUT2D eigenvalue weighted by molar-refractivity contribution is 7.47. The first-order valence-corrected chi connectivity index (χ1v) is 13.2. The van der Waals surface area contributed by atoms with Crippen LogP contribution in [0.5, 0.6) is 0 Å². The van der Waals surface area contributed by atoms with E-state index in [-0.39, 0.29) is 19.4 Å². The first-order valence-electron chi connectivity index (χ1n) is 11.7. The van der Waals surface area contributed by atoms with Gasteiger partial charge in [0.1, 0.15) is 12.6 Å². The molecule has 0 bridgehead atoms. The normalized spacial score (nSPS) is 14.9. The van der Waals surface area contributed by atoms with Crippen LogP contribution in [0.15, 0.2) is 12.2 Å². The van der Waals surface area contributed by atoms with Gasteiger partial charge >= 0.3 is 25.7 Å². The summed E-state index contributed by atoms with van der Waals surface area (Å²) in [6, 6.07) is -1.51. The summed E-state index contributed by atoms with van der Waals surface area (Å²) in [5, 5.41) is 8.69. The van der Waals surface area contributed by atoms with Gasteiger partial charge in [0.25, 0.3) is 0 Å². The molecule has 0 aliphatic heterocycles. The minimum atomic E-state index is -4.66. The molecule has 0 saturated carbocycles. The van der Waals surface area contributed by atoms with E-state index >= 15 is 0 Å². The van der Waals surface area contributed by atoms with Gasteiger partial charge < -0.3 is 25.2 Å². The monoisotopic (exact) mass is 509 g/mol. The Morgan fingerprint density at radius 2 is 1.53 bits per heavy atom. The van der Waals surface area contributed by atoms with E-state index in [9.17, 15) is 23.8 Å². The quantitative estimate of drug-likeness (QED) is 0.0895. The average molecular weight is 510 g/mol. The van der Waals surface area contributed by atoms with Crippen molar-refractivity contribution in [2.75, 3.05) is 19.8 Å². The van der Waals surface area contributed by atoms with Gasteiger partial charge in [0.05, 0.1) is 13.2 Å². The molecular weight excluding hydrogens is 469 g/mol. The molecule has 12 heteroatoms. The molecule has 0 heterocycles. The summed E-state index contributed by atoms with van der Waals surface area (Å²) in [4.78, 5) is 43.9. The second-order valence-electron chi connectivity index (χ2n) is 7.72. The van der Waals surface area contributed by atoms with Gasteiger partial charge in [-0.3, -0.25) is 23.4 Å². The van der Waals surface area contributed by atoms with Crippen molar-refractivity contribution in [3.05, 3.63) is 12.2 Å². The number of rotatable bonds is 21. The summed E-state index contributed by atoms with van der Waals surface area (Å²) >= 11 is 0.